The quantitative estimate of drug-likeness (QED) is 0.757. The third-order valence-corrected chi connectivity index (χ3v) is 6.01. The maximum absolute atomic E-state index is 12.6. The molecule has 0 bridgehead atoms. The number of sulfonamides is 1. The fraction of sp³-hybridized carbons (Fsp3) is 0.800. The molecule has 2 heterocycles. The summed E-state index contributed by atoms with van der Waals surface area (Å²) in [5, 5.41) is 10.2. The van der Waals surface area contributed by atoms with E-state index in [9.17, 15) is 26.7 Å². The first-order chi connectivity index (χ1) is 11.5. The van der Waals surface area contributed by atoms with E-state index in [4.69, 9.17) is 0 Å². The fourth-order valence-electron chi connectivity index (χ4n) is 2.96. The largest absolute Gasteiger partial charge is 0.389 e. The van der Waals surface area contributed by atoms with Crippen molar-refractivity contribution >= 4 is 10.0 Å². The van der Waals surface area contributed by atoms with Crippen LogP contribution in [0, 0.1) is 6.92 Å². The lowest BCUT2D eigenvalue weighted by Gasteiger charge is -2.27. The van der Waals surface area contributed by atoms with Crippen molar-refractivity contribution in [2.45, 2.75) is 75.7 Å². The SMILES string of the molecule is CCC(O)(CCC(F)(F)F)CNS(=O)(=O)c1nc(C)n2c1CCCC2. The molecule has 0 aliphatic carbocycles. The molecule has 0 saturated heterocycles. The maximum atomic E-state index is 12.6. The van der Waals surface area contributed by atoms with Crippen molar-refractivity contribution in [3.63, 3.8) is 0 Å². The minimum absolute atomic E-state index is 0.00588. The Morgan fingerprint density at radius 3 is 2.56 bits per heavy atom. The van der Waals surface area contributed by atoms with Gasteiger partial charge in [-0.15, -0.1) is 0 Å². The summed E-state index contributed by atoms with van der Waals surface area (Å²) in [6.45, 7) is 3.47. The fourth-order valence-corrected chi connectivity index (χ4v) is 4.33. The highest BCUT2D eigenvalue weighted by atomic mass is 32.2. The highest BCUT2D eigenvalue weighted by Crippen LogP contribution is 2.28. The van der Waals surface area contributed by atoms with Gasteiger partial charge in [0, 0.05) is 19.5 Å². The van der Waals surface area contributed by atoms with Crippen molar-refractivity contribution in [3.05, 3.63) is 11.5 Å². The zero-order chi connectivity index (χ0) is 18.9. The number of rotatable bonds is 7. The van der Waals surface area contributed by atoms with Crippen molar-refractivity contribution in [3.8, 4) is 0 Å². The third kappa shape index (κ3) is 4.95. The Hall–Kier alpha value is -1.13. The van der Waals surface area contributed by atoms with Gasteiger partial charge in [0.1, 0.15) is 5.82 Å². The van der Waals surface area contributed by atoms with E-state index < -0.39 is 41.2 Å². The molecular weight excluding hydrogens is 359 g/mol. The summed E-state index contributed by atoms with van der Waals surface area (Å²) in [6.07, 6.45) is -3.73. The lowest BCUT2D eigenvalue weighted by atomic mass is 9.95. The first-order valence-corrected chi connectivity index (χ1v) is 9.80. The van der Waals surface area contributed by atoms with Crippen molar-refractivity contribution in [2.75, 3.05) is 6.54 Å². The van der Waals surface area contributed by atoms with Gasteiger partial charge >= 0.3 is 6.18 Å². The normalized spacial score (nSPS) is 18.0. The van der Waals surface area contributed by atoms with Crippen LogP contribution in [0.4, 0.5) is 13.2 Å². The van der Waals surface area contributed by atoms with Crippen LogP contribution in [0.5, 0.6) is 0 Å². The number of halogens is 3. The number of nitrogens with zero attached hydrogens (tertiary/aromatic N) is 2. The molecule has 1 unspecified atom stereocenters. The Kier molecular flexibility index (Phi) is 5.85. The van der Waals surface area contributed by atoms with Crippen LogP contribution in [0.3, 0.4) is 0 Å². The topological polar surface area (TPSA) is 84.2 Å². The Morgan fingerprint density at radius 2 is 1.96 bits per heavy atom. The van der Waals surface area contributed by atoms with Crippen LogP contribution in [-0.2, 0) is 23.0 Å². The zero-order valence-corrected chi connectivity index (χ0v) is 15.2. The predicted molar refractivity (Wildman–Crippen MR) is 85.6 cm³/mol. The molecule has 0 spiro atoms. The average Bonchev–Trinajstić information content (AvgIpc) is 2.89. The molecular formula is C15H24F3N3O3S. The summed E-state index contributed by atoms with van der Waals surface area (Å²) in [6, 6.07) is 0. The van der Waals surface area contributed by atoms with Crippen molar-refractivity contribution in [2.24, 2.45) is 0 Å². The zero-order valence-electron chi connectivity index (χ0n) is 14.4. The van der Waals surface area contributed by atoms with Gasteiger partial charge in [-0.05, 0) is 39.0 Å². The number of alkyl halides is 3. The third-order valence-electron chi connectivity index (χ3n) is 4.65. The Morgan fingerprint density at radius 1 is 1.28 bits per heavy atom. The highest BCUT2D eigenvalue weighted by molar-refractivity contribution is 7.89. The van der Waals surface area contributed by atoms with Gasteiger partial charge in [0.05, 0.1) is 11.3 Å². The summed E-state index contributed by atoms with van der Waals surface area (Å²) < 4.78 is 66.4. The Bertz CT molecular complexity index is 716. The molecule has 1 atom stereocenters. The molecule has 2 N–H and O–H groups in total. The van der Waals surface area contributed by atoms with Crippen LogP contribution < -0.4 is 4.72 Å². The summed E-state index contributed by atoms with van der Waals surface area (Å²) in [4.78, 5) is 4.13. The predicted octanol–water partition coefficient (Wildman–Crippen LogP) is 2.29. The molecule has 6 nitrogen and oxygen atoms in total. The first-order valence-electron chi connectivity index (χ1n) is 8.32. The molecule has 0 radical (unpaired) electrons. The van der Waals surface area contributed by atoms with Gasteiger partial charge in [-0.1, -0.05) is 6.92 Å². The number of imidazole rings is 1. The van der Waals surface area contributed by atoms with E-state index in [1.54, 1.807) is 6.92 Å². The lowest BCUT2D eigenvalue weighted by molar-refractivity contribution is -0.146. The summed E-state index contributed by atoms with van der Waals surface area (Å²) >= 11 is 0. The molecule has 25 heavy (non-hydrogen) atoms. The molecule has 0 amide bonds. The minimum Gasteiger partial charge on any atom is -0.389 e. The van der Waals surface area contributed by atoms with Crippen molar-refractivity contribution in [1.29, 1.82) is 0 Å². The Labute approximate surface area is 145 Å². The number of hydrogen-bond donors (Lipinski definition) is 2. The molecule has 0 saturated carbocycles. The first kappa shape index (κ1) is 20.2. The number of fused-ring (bicyclic) bond motifs is 1. The van der Waals surface area contributed by atoms with Crippen LogP contribution in [0.25, 0.3) is 0 Å². The average molecular weight is 383 g/mol. The molecule has 10 heteroatoms. The number of hydrogen-bond acceptors (Lipinski definition) is 4. The second-order valence-electron chi connectivity index (χ2n) is 6.54. The second-order valence-corrected chi connectivity index (χ2v) is 8.22. The smallest absolute Gasteiger partial charge is 0.389 e. The van der Waals surface area contributed by atoms with E-state index in [0.717, 1.165) is 12.8 Å². The van der Waals surface area contributed by atoms with E-state index in [1.807, 2.05) is 4.57 Å². The molecule has 0 aromatic carbocycles. The van der Waals surface area contributed by atoms with E-state index in [-0.39, 0.29) is 11.4 Å². The maximum Gasteiger partial charge on any atom is 0.389 e. The van der Waals surface area contributed by atoms with Gasteiger partial charge in [-0.3, -0.25) is 0 Å². The van der Waals surface area contributed by atoms with Gasteiger partial charge in [-0.2, -0.15) is 13.2 Å². The van der Waals surface area contributed by atoms with Gasteiger partial charge in [0.25, 0.3) is 10.0 Å². The van der Waals surface area contributed by atoms with E-state index in [1.165, 1.54) is 6.92 Å². The summed E-state index contributed by atoms with van der Waals surface area (Å²) in [5.41, 5.74) is -1.14. The van der Waals surface area contributed by atoms with Gasteiger partial charge in [-0.25, -0.2) is 18.1 Å². The van der Waals surface area contributed by atoms with Crippen molar-refractivity contribution in [1.82, 2.24) is 14.3 Å². The molecule has 2 rings (SSSR count). The minimum atomic E-state index is -4.40. The number of aliphatic hydroxyl groups is 1. The summed E-state index contributed by atoms with van der Waals surface area (Å²) in [7, 11) is -4.00. The van der Waals surface area contributed by atoms with Crippen LogP contribution in [0.2, 0.25) is 0 Å². The van der Waals surface area contributed by atoms with Crippen LogP contribution >= 0.6 is 0 Å². The number of nitrogens with one attached hydrogen (secondary N) is 1. The molecule has 1 aromatic rings. The molecule has 1 aromatic heterocycles. The monoisotopic (exact) mass is 383 g/mol. The number of aromatic nitrogens is 2. The second kappa shape index (κ2) is 7.24. The van der Waals surface area contributed by atoms with Crippen LogP contribution in [0.1, 0.15) is 50.5 Å². The standard InChI is InChI=1S/C15H24F3N3O3S/c1-3-14(22,7-8-15(16,17)18)10-19-25(23,24)13-12-6-4-5-9-21(12)11(2)20-13/h19,22H,3-10H2,1-2H3. The number of aryl methyl sites for hydroxylation is 1. The Balaban J connectivity index is 2.13. The van der Waals surface area contributed by atoms with Crippen LogP contribution in [-0.4, -0.2) is 41.4 Å². The van der Waals surface area contributed by atoms with E-state index in [2.05, 4.69) is 9.71 Å². The molecule has 1 aliphatic rings. The van der Waals surface area contributed by atoms with Crippen LogP contribution in [0.15, 0.2) is 5.03 Å². The van der Waals surface area contributed by atoms with Crippen molar-refractivity contribution < 1.29 is 26.7 Å². The molecule has 144 valence electrons. The summed E-state index contributed by atoms with van der Waals surface area (Å²) in [5.74, 6) is 0.595. The van der Waals surface area contributed by atoms with Gasteiger partial charge in [0.15, 0.2) is 5.03 Å². The lowest BCUT2D eigenvalue weighted by Crippen LogP contribution is -2.43. The van der Waals surface area contributed by atoms with E-state index >= 15 is 0 Å². The van der Waals surface area contributed by atoms with Gasteiger partial charge < -0.3 is 9.67 Å². The molecule has 0 fully saturated rings. The van der Waals surface area contributed by atoms with E-state index in [0.29, 0.717) is 24.5 Å². The molecule has 1 aliphatic heterocycles. The highest BCUT2D eigenvalue weighted by Gasteiger charge is 2.36. The van der Waals surface area contributed by atoms with Gasteiger partial charge in [0.2, 0.25) is 0 Å².